The van der Waals surface area contributed by atoms with Gasteiger partial charge in [-0.25, -0.2) is 8.78 Å². The Balaban J connectivity index is 1.98. The summed E-state index contributed by atoms with van der Waals surface area (Å²) in [7, 11) is 5.29. The van der Waals surface area contributed by atoms with Crippen LogP contribution in [-0.4, -0.2) is 81.8 Å². The Bertz CT molecular complexity index is 640. The van der Waals surface area contributed by atoms with Crippen molar-refractivity contribution in [2.24, 2.45) is 4.99 Å². The van der Waals surface area contributed by atoms with Gasteiger partial charge in [-0.05, 0) is 40.1 Å². The predicted octanol–water partition coefficient (Wildman–Crippen LogP) is 1.84. The van der Waals surface area contributed by atoms with Crippen LogP contribution < -0.4 is 10.6 Å². The zero-order valence-electron chi connectivity index (χ0n) is 17.6. The fourth-order valence-corrected chi connectivity index (χ4v) is 3.37. The van der Waals surface area contributed by atoms with Crippen molar-refractivity contribution in [1.82, 2.24) is 20.4 Å². The lowest BCUT2D eigenvalue weighted by atomic mass is 10.0. The average Bonchev–Trinajstić information content (AvgIpc) is 2.66. The first kappa shape index (κ1) is 22.5. The van der Waals surface area contributed by atoms with E-state index >= 15 is 0 Å². The Morgan fingerprint density at radius 2 is 1.82 bits per heavy atom. The van der Waals surface area contributed by atoms with Gasteiger partial charge in [-0.3, -0.25) is 9.89 Å². The molecule has 1 heterocycles. The van der Waals surface area contributed by atoms with E-state index in [9.17, 15) is 8.78 Å². The second kappa shape index (κ2) is 10.1. The Hall–Kier alpha value is -1.77. The van der Waals surface area contributed by atoms with Gasteiger partial charge in [0.25, 0.3) is 0 Å². The lowest BCUT2D eigenvalue weighted by Crippen LogP contribution is -2.56. The molecule has 0 aliphatic carbocycles. The van der Waals surface area contributed by atoms with E-state index in [0.29, 0.717) is 19.0 Å². The van der Waals surface area contributed by atoms with Crippen LogP contribution in [0.1, 0.15) is 25.5 Å². The van der Waals surface area contributed by atoms with Crippen LogP contribution in [0.15, 0.2) is 23.2 Å². The van der Waals surface area contributed by atoms with E-state index in [1.165, 1.54) is 18.2 Å². The number of nitrogens with one attached hydrogen (secondary N) is 2. The Morgan fingerprint density at radius 3 is 2.36 bits per heavy atom. The average molecular weight is 398 g/mol. The van der Waals surface area contributed by atoms with Crippen LogP contribution in [0.3, 0.4) is 0 Å². The molecule has 8 heteroatoms. The van der Waals surface area contributed by atoms with Gasteiger partial charge in [0.1, 0.15) is 11.6 Å². The summed E-state index contributed by atoms with van der Waals surface area (Å²) in [6.45, 7) is 8.65. The summed E-state index contributed by atoms with van der Waals surface area (Å²) in [5, 5.41) is 6.53. The van der Waals surface area contributed by atoms with Crippen molar-refractivity contribution in [2.45, 2.75) is 25.4 Å². The summed E-state index contributed by atoms with van der Waals surface area (Å²) in [6.07, 6.45) is 0. The van der Waals surface area contributed by atoms with Crippen LogP contribution in [0, 0.1) is 11.6 Å². The maximum atomic E-state index is 14.2. The van der Waals surface area contributed by atoms with E-state index in [-0.39, 0.29) is 11.1 Å². The molecule has 28 heavy (non-hydrogen) atoms. The fourth-order valence-electron chi connectivity index (χ4n) is 3.37. The number of ether oxygens (including phenoxy) is 1. The van der Waals surface area contributed by atoms with E-state index in [0.717, 1.165) is 26.3 Å². The number of aliphatic imine (C=N–C) groups is 1. The number of hydrogen-bond donors (Lipinski definition) is 2. The Morgan fingerprint density at radius 1 is 1.21 bits per heavy atom. The minimum atomic E-state index is -0.545. The maximum Gasteiger partial charge on any atom is 0.191 e. The molecule has 0 amide bonds. The van der Waals surface area contributed by atoms with Crippen LogP contribution in [0.2, 0.25) is 0 Å². The summed E-state index contributed by atoms with van der Waals surface area (Å²) < 4.78 is 33.9. The number of halogens is 2. The third-order valence-electron chi connectivity index (χ3n) is 5.20. The number of benzene rings is 1. The van der Waals surface area contributed by atoms with Crippen LogP contribution >= 0.6 is 0 Å². The molecule has 2 N–H and O–H groups in total. The van der Waals surface area contributed by atoms with Crippen molar-refractivity contribution in [3.8, 4) is 0 Å². The molecule has 6 nitrogen and oxygen atoms in total. The molecular weight excluding hydrogens is 364 g/mol. The minimum absolute atomic E-state index is 0.0594. The molecule has 1 unspecified atom stereocenters. The normalized spacial score (nSPS) is 17.6. The number of nitrogens with zero attached hydrogens (tertiary/aromatic N) is 3. The van der Waals surface area contributed by atoms with Gasteiger partial charge in [0.15, 0.2) is 5.96 Å². The first-order chi connectivity index (χ1) is 13.3. The van der Waals surface area contributed by atoms with Crippen molar-refractivity contribution in [1.29, 1.82) is 0 Å². The molecule has 0 saturated carbocycles. The summed E-state index contributed by atoms with van der Waals surface area (Å²) in [6, 6.07) is 3.48. The zero-order valence-corrected chi connectivity index (χ0v) is 17.6. The maximum absolute atomic E-state index is 14.2. The van der Waals surface area contributed by atoms with Gasteiger partial charge in [0, 0.05) is 44.3 Å². The molecular formula is C20H33F2N5O. The smallest absolute Gasteiger partial charge is 0.191 e. The minimum Gasteiger partial charge on any atom is -0.379 e. The van der Waals surface area contributed by atoms with Gasteiger partial charge in [-0.1, -0.05) is 6.07 Å². The fraction of sp³-hybridized carbons (Fsp3) is 0.650. The van der Waals surface area contributed by atoms with Crippen molar-refractivity contribution < 1.29 is 13.5 Å². The van der Waals surface area contributed by atoms with Crippen LogP contribution in [0.5, 0.6) is 0 Å². The van der Waals surface area contributed by atoms with Gasteiger partial charge >= 0.3 is 0 Å². The van der Waals surface area contributed by atoms with Gasteiger partial charge in [0.2, 0.25) is 0 Å². The standard InChI is InChI=1S/C20H33F2N5O/c1-20(2,27-9-11-28-12-10-27)14-25-19(23-3)24-13-17(26(4)5)18-15(21)7-6-8-16(18)22/h6-8,17H,9-14H2,1-5H3,(H2,23,24,25). The second-order valence-corrected chi connectivity index (χ2v) is 7.83. The molecule has 0 spiro atoms. The predicted molar refractivity (Wildman–Crippen MR) is 109 cm³/mol. The van der Waals surface area contributed by atoms with E-state index < -0.39 is 17.7 Å². The monoisotopic (exact) mass is 397 g/mol. The van der Waals surface area contributed by atoms with Crippen molar-refractivity contribution in [3.63, 3.8) is 0 Å². The van der Waals surface area contributed by atoms with Crippen LogP contribution in [0.25, 0.3) is 0 Å². The molecule has 158 valence electrons. The third kappa shape index (κ3) is 5.86. The van der Waals surface area contributed by atoms with Crippen molar-refractivity contribution in [3.05, 3.63) is 35.4 Å². The van der Waals surface area contributed by atoms with Crippen LogP contribution in [-0.2, 0) is 4.74 Å². The topological polar surface area (TPSA) is 52.1 Å². The molecule has 0 bridgehead atoms. The second-order valence-electron chi connectivity index (χ2n) is 7.83. The van der Waals surface area contributed by atoms with E-state index in [1.807, 2.05) is 0 Å². The molecule has 1 fully saturated rings. The molecule has 1 aromatic rings. The molecule has 1 atom stereocenters. The van der Waals surface area contributed by atoms with E-state index in [1.54, 1.807) is 26.0 Å². The molecule has 1 aromatic carbocycles. The highest BCUT2D eigenvalue weighted by Crippen LogP contribution is 2.24. The van der Waals surface area contributed by atoms with Crippen molar-refractivity contribution >= 4 is 5.96 Å². The van der Waals surface area contributed by atoms with Crippen molar-refractivity contribution in [2.75, 3.05) is 60.5 Å². The highest BCUT2D eigenvalue weighted by molar-refractivity contribution is 5.79. The zero-order chi connectivity index (χ0) is 20.7. The molecule has 0 aromatic heterocycles. The van der Waals surface area contributed by atoms with Gasteiger partial charge < -0.3 is 20.3 Å². The molecule has 2 rings (SSSR count). The third-order valence-corrected chi connectivity index (χ3v) is 5.20. The molecule has 1 aliphatic heterocycles. The number of morpholine rings is 1. The highest BCUT2D eigenvalue weighted by atomic mass is 19.1. The quantitative estimate of drug-likeness (QED) is 0.543. The summed E-state index contributed by atoms with van der Waals surface area (Å²) in [5.74, 6) is -0.487. The first-order valence-corrected chi connectivity index (χ1v) is 9.64. The van der Waals surface area contributed by atoms with E-state index in [4.69, 9.17) is 4.74 Å². The summed E-state index contributed by atoms with van der Waals surface area (Å²) in [5.41, 5.74) is -0.0101. The SMILES string of the molecule is CN=C(NCC(c1c(F)cccc1F)N(C)C)NCC(C)(C)N1CCOCC1. The number of likely N-dealkylation sites (N-methyl/N-ethyl adjacent to an activating group) is 1. The lowest BCUT2D eigenvalue weighted by molar-refractivity contribution is -0.00834. The number of guanidine groups is 1. The van der Waals surface area contributed by atoms with E-state index in [2.05, 4.69) is 34.4 Å². The largest absolute Gasteiger partial charge is 0.379 e. The first-order valence-electron chi connectivity index (χ1n) is 9.64. The highest BCUT2D eigenvalue weighted by Gasteiger charge is 2.28. The molecule has 0 radical (unpaired) electrons. The Kier molecular flexibility index (Phi) is 8.15. The van der Waals surface area contributed by atoms with Crippen LogP contribution in [0.4, 0.5) is 8.78 Å². The van der Waals surface area contributed by atoms with Gasteiger partial charge in [-0.2, -0.15) is 0 Å². The Labute approximate surface area is 166 Å². The molecule has 1 saturated heterocycles. The molecule has 1 aliphatic rings. The number of hydrogen-bond acceptors (Lipinski definition) is 4. The summed E-state index contributed by atoms with van der Waals surface area (Å²) >= 11 is 0. The van der Waals surface area contributed by atoms with Gasteiger partial charge in [-0.15, -0.1) is 0 Å². The van der Waals surface area contributed by atoms with Gasteiger partial charge in [0.05, 0.1) is 19.3 Å². The lowest BCUT2D eigenvalue weighted by Gasteiger charge is -2.41. The number of rotatable bonds is 7. The summed E-state index contributed by atoms with van der Waals surface area (Å²) in [4.78, 5) is 8.43.